The molecule has 17 heavy (non-hydrogen) atoms. The minimum absolute atomic E-state index is 0.299. The number of pyridine rings is 1. The summed E-state index contributed by atoms with van der Waals surface area (Å²) < 4.78 is 5.56. The summed E-state index contributed by atoms with van der Waals surface area (Å²) in [6.45, 7) is 0. The maximum atomic E-state index is 11.8. The van der Waals surface area contributed by atoms with E-state index in [2.05, 4.69) is 9.97 Å². The number of hydrogen-bond acceptors (Lipinski definition) is 4. The van der Waals surface area contributed by atoms with Crippen LogP contribution in [-0.4, -0.2) is 9.97 Å². The molecule has 82 valence electrons. The molecule has 0 amide bonds. The fourth-order valence-electron chi connectivity index (χ4n) is 1.62. The van der Waals surface area contributed by atoms with Gasteiger partial charge < -0.3 is 4.42 Å². The molecule has 2 heterocycles. The normalized spacial score (nSPS) is 10.6. The third-order valence-electron chi connectivity index (χ3n) is 2.45. The van der Waals surface area contributed by atoms with Crippen molar-refractivity contribution in [1.82, 2.24) is 9.97 Å². The van der Waals surface area contributed by atoms with Crippen molar-refractivity contribution in [2.24, 2.45) is 0 Å². The molecular formula is C13H8N2O2. The second kappa shape index (κ2) is 3.83. The molecule has 4 heteroatoms. The molecule has 0 atom stereocenters. The van der Waals surface area contributed by atoms with E-state index in [0.29, 0.717) is 16.9 Å². The van der Waals surface area contributed by atoms with E-state index in [1.165, 1.54) is 6.20 Å². The average Bonchev–Trinajstić information content (AvgIpc) is 2.40. The smallest absolute Gasteiger partial charge is 0.284 e. The first-order valence-corrected chi connectivity index (χ1v) is 5.15. The van der Waals surface area contributed by atoms with Gasteiger partial charge in [0, 0.05) is 11.8 Å². The van der Waals surface area contributed by atoms with Crippen molar-refractivity contribution in [3.05, 3.63) is 59.1 Å². The van der Waals surface area contributed by atoms with E-state index in [0.717, 1.165) is 5.56 Å². The van der Waals surface area contributed by atoms with E-state index in [4.69, 9.17) is 4.42 Å². The van der Waals surface area contributed by atoms with Crippen LogP contribution in [0, 0.1) is 0 Å². The third-order valence-corrected chi connectivity index (χ3v) is 2.45. The Balaban J connectivity index is 2.30. The van der Waals surface area contributed by atoms with Gasteiger partial charge >= 0.3 is 0 Å². The minimum atomic E-state index is -0.299. The Labute approximate surface area is 96.6 Å². The van der Waals surface area contributed by atoms with E-state index in [1.807, 2.05) is 30.3 Å². The van der Waals surface area contributed by atoms with Gasteiger partial charge in [-0.25, -0.2) is 0 Å². The van der Waals surface area contributed by atoms with E-state index < -0.39 is 0 Å². The first-order valence-electron chi connectivity index (χ1n) is 5.15. The van der Waals surface area contributed by atoms with Crippen LogP contribution in [0.5, 0.6) is 0 Å². The Morgan fingerprint density at radius 2 is 1.88 bits per heavy atom. The van der Waals surface area contributed by atoms with Crippen LogP contribution in [-0.2, 0) is 0 Å². The molecule has 0 aliphatic heterocycles. The van der Waals surface area contributed by atoms with Gasteiger partial charge in [0.2, 0.25) is 5.89 Å². The van der Waals surface area contributed by atoms with Crippen LogP contribution in [0.1, 0.15) is 0 Å². The predicted octanol–water partition coefficient (Wildman–Crippen LogP) is 2.25. The molecule has 0 spiro atoms. The van der Waals surface area contributed by atoms with Crippen LogP contribution in [0.4, 0.5) is 0 Å². The molecule has 1 aromatic carbocycles. The molecular weight excluding hydrogens is 216 g/mol. The summed E-state index contributed by atoms with van der Waals surface area (Å²) >= 11 is 0. The fraction of sp³-hybridized carbons (Fsp3) is 0. The predicted molar refractivity (Wildman–Crippen MR) is 63.5 cm³/mol. The molecule has 3 rings (SSSR count). The van der Waals surface area contributed by atoms with Gasteiger partial charge in [0.15, 0.2) is 5.58 Å². The molecule has 0 fully saturated rings. The van der Waals surface area contributed by atoms with Crippen LogP contribution in [0.25, 0.3) is 22.4 Å². The number of hydrogen-bond donors (Lipinski definition) is 0. The van der Waals surface area contributed by atoms with Gasteiger partial charge in [-0.1, -0.05) is 18.2 Å². The Kier molecular flexibility index (Phi) is 2.19. The topological polar surface area (TPSA) is 56.0 Å². The van der Waals surface area contributed by atoms with Crippen molar-refractivity contribution in [2.75, 3.05) is 0 Å². The molecule has 0 saturated carbocycles. The standard InChI is InChI=1S/C13H8N2O2/c16-12-10-6-7-14-8-11(10)17-13(15-12)9-4-2-1-3-5-9/h1-8H. The molecule has 0 radical (unpaired) electrons. The highest BCUT2D eigenvalue weighted by atomic mass is 16.3. The summed E-state index contributed by atoms with van der Waals surface area (Å²) in [6, 6.07) is 10.9. The van der Waals surface area contributed by atoms with Gasteiger partial charge in [0.25, 0.3) is 5.56 Å². The zero-order chi connectivity index (χ0) is 11.7. The highest BCUT2D eigenvalue weighted by molar-refractivity contribution is 5.75. The highest BCUT2D eigenvalue weighted by Gasteiger charge is 2.07. The second-order valence-electron chi connectivity index (χ2n) is 3.56. The zero-order valence-corrected chi connectivity index (χ0v) is 8.83. The van der Waals surface area contributed by atoms with Gasteiger partial charge in [0.1, 0.15) is 0 Å². The highest BCUT2D eigenvalue weighted by Crippen LogP contribution is 2.18. The molecule has 0 N–H and O–H groups in total. The van der Waals surface area contributed by atoms with Crippen LogP contribution in [0.2, 0.25) is 0 Å². The Hall–Kier alpha value is -2.49. The van der Waals surface area contributed by atoms with Gasteiger partial charge in [0.05, 0.1) is 11.6 Å². The molecule has 4 nitrogen and oxygen atoms in total. The van der Waals surface area contributed by atoms with Crippen LogP contribution in [0.3, 0.4) is 0 Å². The first-order chi connectivity index (χ1) is 8.34. The first kappa shape index (κ1) is 9.72. The quantitative estimate of drug-likeness (QED) is 0.636. The molecule has 0 saturated heterocycles. The van der Waals surface area contributed by atoms with E-state index >= 15 is 0 Å². The Bertz CT molecular complexity index is 720. The van der Waals surface area contributed by atoms with E-state index in [1.54, 1.807) is 12.3 Å². The van der Waals surface area contributed by atoms with Gasteiger partial charge in [-0.2, -0.15) is 4.98 Å². The van der Waals surface area contributed by atoms with Gasteiger partial charge in [-0.15, -0.1) is 0 Å². The number of nitrogens with zero attached hydrogens (tertiary/aromatic N) is 2. The molecule has 0 bridgehead atoms. The third kappa shape index (κ3) is 1.69. The minimum Gasteiger partial charge on any atom is -0.436 e. The number of benzene rings is 1. The maximum absolute atomic E-state index is 11.8. The van der Waals surface area contributed by atoms with Crippen molar-refractivity contribution in [3.8, 4) is 11.5 Å². The Morgan fingerprint density at radius 1 is 1.06 bits per heavy atom. The SMILES string of the molecule is O=c1nc(-c2ccccc2)oc2cnccc12. The summed E-state index contributed by atoms with van der Waals surface area (Å²) in [4.78, 5) is 19.6. The number of rotatable bonds is 1. The molecule has 0 unspecified atom stereocenters. The fourth-order valence-corrected chi connectivity index (χ4v) is 1.62. The largest absolute Gasteiger partial charge is 0.436 e. The summed E-state index contributed by atoms with van der Waals surface area (Å²) in [5, 5.41) is 0.444. The lowest BCUT2D eigenvalue weighted by Gasteiger charge is -2.00. The van der Waals surface area contributed by atoms with Gasteiger partial charge in [-0.05, 0) is 18.2 Å². The zero-order valence-electron chi connectivity index (χ0n) is 8.83. The van der Waals surface area contributed by atoms with Crippen molar-refractivity contribution in [2.45, 2.75) is 0 Å². The Morgan fingerprint density at radius 3 is 2.71 bits per heavy atom. The van der Waals surface area contributed by atoms with Crippen LogP contribution < -0.4 is 5.56 Å². The van der Waals surface area contributed by atoms with E-state index in [9.17, 15) is 4.79 Å². The lowest BCUT2D eigenvalue weighted by molar-refractivity contribution is 0.593. The van der Waals surface area contributed by atoms with Crippen molar-refractivity contribution < 1.29 is 4.42 Å². The summed E-state index contributed by atoms with van der Waals surface area (Å²) in [7, 11) is 0. The summed E-state index contributed by atoms with van der Waals surface area (Å²) in [5.41, 5.74) is 0.925. The number of aromatic nitrogens is 2. The molecule has 0 aliphatic carbocycles. The second-order valence-corrected chi connectivity index (χ2v) is 3.56. The van der Waals surface area contributed by atoms with E-state index in [-0.39, 0.29) is 5.56 Å². The average molecular weight is 224 g/mol. The summed E-state index contributed by atoms with van der Waals surface area (Å²) in [5.74, 6) is 0.316. The van der Waals surface area contributed by atoms with Crippen molar-refractivity contribution in [3.63, 3.8) is 0 Å². The molecule has 3 aromatic rings. The van der Waals surface area contributed by atoms with Gasteiger partial charge in [-0.3, -0.25) is 9.78 Å². The summed E-state index contributed by atoms with van der Waals surface area (Å²) in [6.07, 6.45) is 3.06. The van der Waals surface area contributed by atoms with Crippen LogP contribution >= 0.6 is 0 Å². The lowest BCUT2D eigenvalue weighted by Crippen LogP contribution is -2.07. The maximum Gasteiger partial charge on any atom is 0.284 e. The van der Waals surface area contributed by atoms with Crippen LogP contribution in [0.15, 0.2) is 58.0 Å². The lowest BCUT2D eigenvalue weighted by atomic mass is 10.2. The van der Waals surface area contributed by atoms with Crippen molar-refractivity contribution >= 4 is 11.0 Å². The van der Waals surface area contributed by atoms with Crippen molar-refractivity contribution in [1.29, 1.82) is 0 Å². The molecule has 2 aromatic heterocycles. The number of fused-ring (bicyclic) bond motifs is 1. The monoisotopic (exact) mass is 224 g/mol. The molecule has 0 aliphatic rings.